The monoisotopic (exact) mass is 446 g/mol. The summed E-state index contributed by atoms with van der Waals surface area (Å²) in [5.41, 5.74) is 4.47. The van der Waals surface area contributed by atoms with Gasteiger partial charge in [0.2, 0.25) is 0 Å². The van der Waals surface area contributed by atoms with E-state index in [1.807, 2.05) is 31.3 Å². The predicted molar refractivity (Wildman–Crippen MR) is 125 cm³/mol. The van der Waals surface area contributed by atoms with Crippen LogP contribution in [0.15, 0.2) is 60.8 Å². The maximum Gasteiger partial charge on any atom is 0.278 e. The van der Waals surface area contributed by atoms with Gasteiger partial charge in [-0.25, -0.2) is 4.98 Å². The van der Waals surface area contributed by atoms with Gasteiger partial charge in [-0.3, -0.25) is 5.10 Å². The third-order valence-electron chi connectivity index (χ3n) is 5.64. The fourth-order valence-corrected chi connectivity index (χ4v) is 4.60. The van der Waals surface area contributed by atoms with Crippen molar-refractivity contribution < 1.29 is 9.47 Å². The Morgan fingerprint density at radius 3 is 2.91 bits per heavy atom. The number of hydrogen-bond acceptors (Lipinski definition) is 6. The molecule has 0 aliphatic carbocycles. The molecule has 0 radical (unpaired) electrons. The summed E-state index contributed by atoms with van der Waals surface area (Å²) in [6, 6.07) is 18.6. The van der Waals surface area contributed by atoms with Gasteiger partial charge in [-0.2, -0.15) is 5.10 Å². The lowest BCUT2D eigenvalue weighted by molar-refractivity contribution is 0.176. The normalized spacial score (nSPS) is 16.2. The number of aryl methyl sites for hydroxylation is 2. The SMILES string of the molecule is Cc1cc(C(C)NCc2cnc(Oc3ccc4c(c3)CCC(c3ccccc3)O4)s2)n[nH]1. The maximum atomic E-state index is 6.24. The summed E-state index contributed by atoms with van der Waals surface area (Å²) in [5, 5.41) is 11.4. The average molecular weight is 447 g/mol. The fourth-order valence-electron chi connectivity index (χ4n) is 3.87. The quantitative estimate of drug-likeness (QED) is 0.371. The molecule has 0 amide bonds. The first-order chi connectivity index (χ1) is 15.6. The summed E-state index contributed by atoms with van der Waals surface area (Å²) < 4.78 is 12.3. The van der Waals surface area contributed by atoms with Gasteiger partial charge < -0.3 is 14.8 Å². The van der Waals surface area contributed by atoms with Crippen LogP contribution >= 0.6 is 11.3 Å². The molecule has 0 spiro atoms. The maximum absolute atomic E-state index is 6.24. The van der Waals surface area contributed by atoms with Gasteiger partial charge in [0.1, 0.15) is 17.6 Å². The van der Waals surface area contributed by atoms with Crippen LogP contribution in [0.25, 0.3) is 0 Å². The molecule has 164 valence electrons. The van der Waals surface area contributed by atoms with E-state index < -0.39 is 0 Å². The van der Waals surface area contributed by atoms with Gasteiger partial charge in [0.15, 0.2) is 0 Å². The van der Waals surface area contributed by atoms with E-state index in [1.54, 1.807) is 11.3 Å². The summed E-state index contributed by atoms with van der Waals surface area (Å²) in [6.07, 6.45) is 3.89. The molecule has 2 unspecified atom stereocenters. The molecule has 0 saturated heterocycles. The molecule has 2 N–H and O–H groups in total. The van der Waals surface area contributed by atoms with Crippen LogP contribution in [0.1, 0.15) is 52.9 Å². The van der Waals surface area contributed by atoms with Gasteiger partial charge in [0.25, 0.3) is 5.19 Å². The van der Waals surface area contributed by atoms with Crippen molar-refractivity contribution in [1.29, 1.82) is 0 Å². The van der Waals surface area contributed by atoms with Crippen molar-refractivity contribution >= 4 is 11.3 Å². The largest absolute Gasteiger partial charge is 0.485 e. The van der Waals surface area contributed by atoms with Crippen LogP contribution in [0.4, 0.5) is 0 Å². The van der Waals surface area contributed by atoms with E-state index in [0.717, 1.165) is 40.6 Å². The van der Waals surface area contributed by atoms with Gasteiger partial charge in [0.05, 0.1) is 5.69 Å². The molecular weight excluding hydrogens is 420 g/mol. The molecular formula is C25H26N4O2S. The highest BCUT2D eigenvalue weighted by Crippen LogP contribution is 2.38. The molecule has 6 nitrogen and oxygen atoms in total. The van der Waals surface area contributed by atoms with Crippen molar-refractivity contribution in [3.63, 3.8) is 0 Å². The number of hydrogen-bond donors (Lipinski definition) is 2. The van der Waals surface area contributed by atoms with E-state index >= 15 is 0 Å². The smallest absolute Gasteiger partial charge is 0.278 e. The minimum atomic E-state index is 0.109. The molecule has 1 aliphatic rings. The Balaban J connectivity index is 1.19. The predicted octanol–water partition coefficient (Wildman–Crippen LogP) is 5.88. The Kier molecular flexibility index (Phi) is 5.92. The van der Waals surface area contributed by atoms with Crippen LogP contribution in [0, 0.1) is 6.92 Å². The Labute approximate surface area is 191 Å². The van der Waals surface area contributed by atoms with Crippen LogP contribution in [-0.2, 0) is 13.0 Å². The number of thiazole rings is 1. The summed E-state index contributed by atoms with van der Waals surface area (Å²) in [6.45, 7) is 4.82. The van der Waals surface area contributed by atoms with Crippen LogP contribution in [-0.4, -0.2) is 15.2 Å². The molecule has 0 bridgehead atoms. The van der Waals surface area contributed by atoms with Gasteiger partial charge in [-0.05, 0) is 62.1 Å². The zero-order chi connectivity index (χ0) is 21.9. The minimum absolute atomic E-state index is 0.109. The van der Waals surface area contributed by atoms with E-state index in [1.165, 1.54) is 11.1 Å². The summed E-state index contributed by atoms with van der Waals surface area (Å²) in [7, 11) is 0. The number of H-pyrrole nitrogens is 1. The Morgan fingerprint density at radius 2 is 2.09 bits per heavy atom. The molecule has 7 heteroatoms. The topological polar surface area (TPSA) is 72.1 Å². The lowest BCUT2D eigenvalue weighted by atomic mass is 9.97. The number of aromatic nitrogens is 3. The first-order valence-electron chi connectivity index (χ1n) is 10.9. The van der Waals surface area contributed by atoms with Crippen molar-refractivity contribution in [1.82, 2.24) is 20.5 Å². The molecule has 2 aromatic heterocycles. The van der Waals surface area contributed by atoms with Crippen LogP contribution in [0.2, 0.25) is 0 Å². The van der Waals surface area contributed by atoms with Crippen LogP contribution < -0.4 is 14.8 Å². The van der Waals surface area contributed by atoms with Crippen LogP contribution in [0.3, 0.4) is 0 Å². The fraction of sp³-hybridized carbons (Fsp3) is 0.280. The molecule has 32 heavy (non-hydrogen) atoms. The number of fused-ring (bicyclic) bond motifs is 1. The highest BCUT2D eigenvalue weighted by molar-refractivity contribution is 7.13. The number of nitrogens with zero attached hydrogens (tertiary/aromatic N) is 2. The first kappa shape index (κ1) is 20.7. The van der Waals surface area contributed by atoms with E-state index in [-0.39, 0.29) is 12.1 Å². The van der Waals surface area contributed by atoms with E-state index in [2.05, 4.69) is 63.8 Å². The molecule has 2 aromatic carbocycles. The molecule has 2 atom stereocenters. The number of nitrogens with one attached hydrogen (secondary N) is 2. The van der Waals surface area contributed by atoms with Gasteiger partial charge in [-0.1, -0.05) is 41.7 Å². The zero-order valence-electron chi connectivity index (χ0n) is 18.2. The number of rotatable bonds is 7. The summed E-state index contributed by atoms with van der Waals surface area (Å²) in [4.78, 5) is 5.55. The van der Waals surface area contributed by atoms with E-state index in [4.69, 9.17) is 9.47 Å². The van der Waals surface area contributed by atoms with Crippen molar-refractivity contribution in [3.8, 4) is 16.7 Å². The number of ether oxygens (including phenoxy) is 2. The van der Waals surface area contributed by atoms with Gasteiger partial charge in [0, 0.05) is 29.4 Å². The first-order valence-corrected chi connectivity index (χ1v) is 11.7. The lowest BCUT2D eigenvalue weighted by Crippen LogP contribution is -2.17. The lowest BCUT2D eigenvalue weighted by Gasteiger charge is -2.26. The number of benzene rings is 2. The Bertz CT molecular complexity index is 1190. The minimum Gasteiger partial charge on any atom is -0.485 e. The molecule has 0 fully saturated rings. The van der Waals surface area contributed by atoms with Gasteiger partial charge in [-0.15, -0.1) is 0 Å². The van der Waals surface area contributed by atoms with Crippen LogP contribution in [0.5, 0.6) is 16.7 Å². The second-order valence-corrected chi connectivity index (χ2v) is 9.18. The third-order valence-corrected chi connectivity index (χ3v) is 6.51. The zero-order valence-corrected chi connectivity index (χ0v) is 19.0. The van der Waals surface area contributed by atoms with E-state index in [0.29, 0.717) is 11.7 Å². The third kappa shape index (κ3) is 4.69. The second-order valence-electron chi connectivity index (χ2n) is 8.10. The van der Waals surface area contributed by atoms with Gasteiger partial charge >= 0.3 is 0 Å². The standard InChI is InChI=1S/C25H26N4O2S/c1-16-12-22(29-28-16)17(2)26-14-21-15-27-25(32-21)30-20-9-11-24-19(13-20)8-10-23(31-24)18-6-4-3-5-7-18/h3-7,9,11-13,15,17,23,26H,8,10,14H2,1-2H3,(H,28,29). The molecule has 0 saturated carbocycles. The highest BCUT2D eigenvalue weighted by Gasteiger charge is 2.22. The summed E-state index contributed by atoms with van der Waals surface area (Å²) in [5.74, 6) is 1.73. The highest BCUT2D eigenvalue weighted by atomic mass is 32.1. The average Bonchev–Trinajstić information content (AvgIpc) is 3.46. The molecule has 5 rings (SSSR count). The Hall–Kier alpha value is -3.16. The van der Waals surface area contributed by atoms with Crippen molar-refractivity contribution in [2.24, 2.45) is 0 Å². The summed E-state index contributed by atoms with van der Waals surface area (Å²) >= 11 is 1.55. The Morgan fingerprint density at radius 1 is 1.22 bits per heavy atom. The van der Waals surface area contributed by atoms with Crippen molar-refractivity contribution in [3.05, 3.63) is 88.2 Å². The molecule has 3 heterocycles. The van der Waals surface area contributed by atoms with Crippen molar-refractivity contribution in [2.45, 2.75) is 45.4 Å². The van der Waals surface area contributed by atoms with Crippen molar-refractivity contribution in [2.75, 3.05) is 0 Å². The molecule has 4 aromatic rings. The molecule has 1 aliphatic heterocycles. The second kappa shape index (κ2) is 9.14. The van der Waals surface area contributed by atoms with E-state index in [9.17, 15) is 0 Å². The number of aromatic amines is 1.